The maximum Gasteiger partial charge on any atom is 0.358 e. The molecular weight excluding hydrogens is 378 g/mol. The van der Waals surface area contributed by atoms with E-state index in [1.165, 1.54) is 11.8 Å². The molecule has 1 unspecified atom stereocenters. The SMILES string of the molecule is COC(=O)c1cc2cccc(Cl)c2n1OCC(N)Cc1c[nH]c2ccccc12. The van der Waals surface area contributed by atoms with Crippen LogP contribution in [0.1, 0.15) is 16.1 Å². The molecule has 0 saturated heterocycles. The molecule has 0 spiro atoms. The molecule has 2 aromatic carbocycles. The molecule has 2 heterocycles. The smallest absolute Gasteiger partial charge is 0.358 e. The Morgan fingerprint density at radius 2 is 2.07 bits per heavy atom. The first kappa shape index (κ1) is 18.4. The van der Waals surface area contributed by atoms with Crippen molar-refractivity contribution in [1.29, 1.82) is 0 Å². The number of ether oxygens (including phenoxy) is 1. The Hall–Kier alpha value is -2.96. The van der Waals surface area contributed by atoms with Crippen molar-refractivity contribution in [2.24, 2.45) is 5.73 Å². The highest BCUT2D eigenvalue weighted by molar-refractivity contribution is 6.35. The van der Waals surface area contributed by atoms with Gasteiger partial charge in [-0.25, -0.2) is 4.79 Å². The van der Waals surface area contributed by atoms with Crippen molar-refractivity contribution in [3.63, 3.8) is 0 Å². The molecule has 0 fully saturated rings. The zero-order valence-electron chi connectivity index (χ0n) is 15.3. The van der Waals surface area contributed by atoms with Gasteiger partial charge in [-0.05, 0) is 30.2 Å². The number of para-hydroxylation sites is 2. The summed E-state index contributed by atoms with van der Waals surface area (Å²) in [6.45, 7) is 0.207. The molecule has 1 atom stereocenters. The summed E-state index contributed by atoms with van der Waals surface area (Å²) in [5.74, 6) is -0.502. The number of methoxy groups -OCH3 is 1. The first-order valence-electron chi connectivity index (χ1n) is 8.90. The van der Waals surface area contributed by atoms with Crippen LogP contribution in [0, 0.1) is 0 Å². The van der Waals surface area contributed by atoms with Crippen molar-refractivity contribution in [2.75, 3.05) is 13.7 Å². The van der Waals surface area contributed by atoms with Crippen molar-refractivity contribution < 1.29 is 14.4 Å². The minimum atomic E-state index is -0.502. The summed E-state index contributed by atoms with van der Waals surface area (Å²) in [6.07, 6.45) is 2.59. The molecule has 0 bridgehead atoms. The summed E-state index contributed by atoms with van der Waals surface area (Å²) in [4.78, 5) is 21.3. The summed E-state index contributed by atoms with van der Waals surface area (Å²) in [6, 6.07) is 14.9. The normalized spacial score (nSPS) is 12.4. The molecule has 28 heavy (non-hydrogen) atoms. The van der Waals surface area contributed by atoms with Crippen LogP contribution in [0.25, 0.3) is 21.8 Å². The Kier molecular flexibility index (Phi) is 4.98. The van der Waals surface area contributed by atoms with Gasteiger partial charge >= 0.3 is 5.97 Å². The van der Waals surface area contributed by atoms with Crippen molar-refractivity contribution in [2.45, 2.75) is 12.5 Å². The topological polar surface area (TPSA) is 82.3 Å². The Bertz CT molecular complexity index is 1150. The third-order valence-electron chi connectivity index (χ3n) is 4.70. The number of benzene rings is 2. The van der Waals surface area contributed by atoms with Gasteiger partial charge in [0.2, 0.25) is 0 Å². The van der Waals surface area contributed by atoms with Gasteiger partial charge in [-0.1, -0.05) is 41.9 Å². The summed E-state index contributed by atoms with van der Waals surface area (Å²) >= 11 is 6.33. The lowest BCUT2D eigenvalue weighted by Gasteiger charge is -2.16. The molecule has 0 aliphatic carbocycles. The average Bonchev–Trinajstić information content (AvgIpc) is 3.28. The van der Waals surface area contributed by atoms with Gasteiger partial charge in [-0.2, -0.15) is 4.73 Å². The standard InChI is InChI=1S/C21H20ClN3O3/c1-27-21(26)19-10-13-5-4-7-17(22)20(13)25(19)28-12-15(23)9-14-11-24-18-8-3-2-6-16(14)18/h2-8,10-11,15,24H,9,12,23H2,1H3. The Labute approximate surface area is 166 Å². The van der Waals surface area contributed by atoms with Crippen molar-refractivity contribution in [3.05, 3.63) is 71.0 Å². The molecule has 7 heteroatoms. The van der Waals surface area contributed by atoms with E-state index in [0.29, 0.717) is 17.0 Å². The lowest BCUT2D eigenvalue weighted by atomic mass is 10.1. The third kappa shape index (κ3) is 3.32. The van der Waals surface area contributed by atoms with Gasteiger partial charge in [0.1, 0.15) is 12.1 Å². The predicted molar refractivity (Wildman–Crippen MR) is 110 cm³/mol. The zero-order chi connectivity index (χ0) is 19.7. The van der Waals surface area contributed by atoms with Crippen LogP contribution in [0.15, 0.2) is 54.7 Å². The van der Waals surface area contributed by atoms with Gasteiger partial charge in [0.05, 0.1) is 12.1 Å². The van der Waals surface area contributed by atoms with Crippen molar-refractivity contribution >= 4 is 39.4 Å². The van der Waals surface area contributed by atoms with Crippen LogP contribution in [-0.2, 0) is 11.2 Å². The van der Waals surface area contributed by atoms with Crippen molar-refractivity contribution in [3.8, 4) is 0 Å². The van der Waals surface area contributed by atoms with Crippen LogP contribution < -0.4 is 10.6 Å². The van der Waals surface area contributed by atoms with Crippen LogP contribution in [0.2, 0.25) is 5.02 Å². The van der Waals surface area contributed by atoms with E-state index in [0.717, 1.165) is 21.9 Å². The number of nitrogens with one attached hydrogen (secondary N) is 1. The molecule has 0 aliphatic rings. The number of hydrogen-bond donors (Lipinski definition) is 2. The molecule has 4 rings (SSSR count). The van der Waals surface area contributed by atoms with Crippen LogP contribution in [0.4, 0.5) is 0 Å². The van der Waals surface area contributed by atoms with Crippen LogP contribution in [0.5, 0.6) is 0 Å². The summed E-state index contributed by atoms with van der Waals surface area (Å²) in [5.41, 5.74) is 9.39. The lowest BCUT2D eigenvalue weighted by Crippen LogP contribution is -2.34. The molecular formula is C21H20ClN3O3. The second-order valence-electron chi connectivity index (χ2n) is 6.61. The number of nitrogens with two attached hydrogens (primary N) is 1. The van der Waals surface area contributed by atoms with E-state index in [9.17, 15) is 4.79 Å². The monoisotopic (exact) mass is 397 g/mol. The maximum atomic E-state index is 12.2. The fourth-order valence-electron chi connectivity index (χ4n) is 3.38. The van der Waals surface area contributed by atoms with Crippen LogP contribution in [-0.4, -0.2) is 35.4 Å². The number of H-pyrrole nitrogens is 1. The van der Waals surface area contributed by atoms with Gasteiger partial charge in [-0.3, -0.25) is 0 Å². The third-order valence-corrected chi connectivity index (χ3v) is 5.01. The van der Waals surface area contributed by atoms with Gasteiger partial charge in [0.15, 0.2) is 5.69 Å². The van der Waals surface area contributed by atoms with E-state index in [2.05, 4.69) is 11.1 Å². The number of fused-ring (bicyclic) bond motifs is 2. The van der Waals surface area contributed by atoms with E-state index in [1.54, 1.807) is 12.1 Å². The maximum absolute atomic E-state index is 12.2. The number of aromatic amines is 1. The van der Waals surface area contributed by atoms with E-state index in [4.69, 9.17) is 26.9 Å². The second-order valence-corrected chi connectivity index (χ2v) is 7.02. The summed E-state index contributed by atoms with van der Waals surface area (Å²) < 4.78 is 6.28. The van der Waals surface area contributed by atoms with E-state index >= 15 is 0 Å². The number of halogens is 1. The van der Waals surface area contributed by atoms with Crippen LogP contribution >= 0.6 is 11.6 Å². The summed E-state index contributed by atoms with van der Waals surface area (Å²) in [5, 5.41) is 2.42. The van der Waals surface area contributed by atoms with Gasteiger partial charge < -0.3 is 20.3 Å². The fraction of sp³-hybridized carbons (Fsp3) is 0.190. The average molecular weight is 398 g/mol. The van der Waals surface area contributed by atoms with E-state index in [-0.39, 0.29) is 18.3 Å². The number of carbonyl (C=O) groups is 1. The molecule has 2 aromatic heterocycles. The Morgan fingerprint density at radius 1 is 1.25 bits per heavy atom. The molecule has 6 nitrogen and oxygen atoms in total. The molecule has 144 valence electrons. The fourth-order valence-corrected chi connectivity index (χ4v) is 3.64. The van der Waals surface area contributed by atoms with Crippen molar-refractivity contribution in [1.82, 2.24) is 9.71 Å². The molecule has 0 radical (unpaired) electrons. The van der Waals surface area contributed by atoms with Gasteiger partial charge in [0.25, 0.3) is 0 Å². The number of esters is 1. The number of aromatic nitrogens is 2. The van der Waals surface area contributed by atoms with Gasteiger partial charge in [-0.15, -0.1) is 0 Å². The molecule has 0 saturated carbocycles. The number of rotatable bonds is 6. The second kappa shape index (κ2) is 7.58. The molecule has 3 N–H and O–H groups in total. The number of nitrogens with zero attached hydrogens (tertiary/aromatic N) is 1. The highest BCUT2D eigenvalue weighted by Gasteiger charge is 2.20. The Morgan fingerprint density at radius 3 is 2.89 bits per heavy atom. The lowest BCUT2D eigenvalue weighted by molar-refractivity contribution is 0.0508. The highest BCUT2D eigenvalue weighted by atomic mass is 35.5. The number of carbonyl (C=O) groups excluding carboxylic acids is 1. The quantitative estimate of drug-likeness (QED) is 0.487. The van der Waals surface area contributed by atoms with Crippen LogP contribution in [0.3, 0.4) is 0 Å². The minimum Gasteiger partial charge on any atom is -0.464 e. The first-order valence-corrected chi connectivity index (χ1v) is 9.28. The zero-order valence-corrected chi connectivity index (χ0v) is 16.1. The van der Waals surface area contributed by atoms with E-state index < -0.39 is 5.97 Å². The predicted octanol–water partition coefficient (Wildman–Crippen LogP) is 3.56. The van der Waals surface area contributed by atoms with E-state index in [1.807, 2.05) is 36.5 Å². The number of hydrogen-bond acceptors (Lipinski definition) is 4. The molecule has 0 amide bonds. The summed E-state index contributed by atoms with van der Waals surface area (Å²) in [7, 11) is 1.33. The minimum absolute atomic E-state index is 0.207. The largest absolute Gasteiger partial charge is 0.464 e. The Balaban J connectivity index is 1.57. The highest BCUT2D eigenvalue weighted by Crippen LogP contribution is 2.27. The first-order chi connectivity index (χ1) is 13.6. The molecule has 4 aromatic rings. The van der Waals surface area contributed by atoms with Gasteiger partial charge in [0, 0.05) is 28.5 Å². The molecule has 0 aliphatic heterocycles.